The minimum Gasteiger partial charge on any atom is -0.355 e. The molecular formula is C17H22N4OS. The molecule has 1 heterocycles. The molecule has 1 aliphatic carbocycles. The van der Waals surface area contributed by atoms with E-state index in [0.717, 1.165) is 30.9 Å². The molecule has 1 amide bonds. The highest BCUT2D eigenvalue weighted by Crippen LogP contribution is 2.40. The Morgan fingerprint density at radius 2 is 2.13 bits per heavy atom. The number of para-hydroxylation sites is 1. The van der Waals surface area contributed by atoms with Crippen molar-refractivity contribution in [3.63, 3.8) is 0 Å². The Hall–Kier alpha value is -1.82. The molecule has 5 nitrogen and oxygen atoms in total. The molecule has 1 fully saturated rings. The molecule has 0 radical (unpaired) electrons. The highest BCUT2D eigenvalue weighted by atomic mass is 32.2. The van der Waals surface area contributed by atoms with Crippen LogP contribution in [-0.2, 0) is 4.79 Å². The fraction of sp³-hybridized carbons (Fsp3) is 0.471. The quantitative estimate of drug-likeness (QED) is 0.597. The number of nitrogens with zero attached hydrogens (tertiary/aromatic N) is 3. The average Bonchev–Trinajstić information content (AvgIpc) is 3.34. The van der Waals surface area contributed by atoms with Crippen molar-refractivity contribution in [2.75, 3.05) is 12.3 Å². The van der Waals surface area contributed by atoms with Gasteiger partial charge in [0.2, 0.25) is 11.1 Å². The zero-order chi connectivity index (χ0) is 16.1. The molecule has 1 N–H and O–H groups in total. The second-order valence-electron chi connectivity index (χ2n) is 5.77. The van der Waals surface area contributed by atoms with Crippen molar-refractivity contribution in [3.8, 4) is 5.69 Å². The SMILES string of the molecule is CCCCNC(=O)CSc1nc(C2CC2)n(-c2ccccc2)n1. The van der Waals surface area contributed by atoms with Crippen molar-refractivity contribution in [1.82, 2.24) is 20.1 Å². The zero-order valence-electron chi connectivity index (χ0n) is 13.4. The van der Waals surface area contributed by atoms with Gasteiger partial charge in [-0.25, -0.2) is 9.67 Å². The second kappa shape index (κ2) is 7.64. The minimum absolute atomic E-state index is 0.0486. The van der Waals surface area contributed by atoms with Crippen LogP contribution >= 0.6 is 11.8 Å². The molecule has 2 aromatic rings. The first-order chi connectivity index (χ1) is 11.3. The van der Waals surface area contributed by atoms with Crippen LogP contribution in [-0.4, -0.2) is 33.0 Å². The van der Waals surface area contributed by atoms with Crippen molar-refractivity contribution in [1.29, 1.82) is 0 Å². The van der Waals surface area contributed by atoms with Gasteiger partial charge in [-0.1, -0.05) is 43.3 Å². The lowest BCUT2D eigenvalue weighted by Gasteiger charge is -2.03. The molecule has 0 bridgehead atoms. The van der Waals surface area contributed by atoms with Crippen LogP contribution in [0.1, 0.15) is 44.3 Å². The third-order valence-electron chi connectivity index (χ3n) is 3.74. The van der Waals surface area contributed by atoms with Gasteiger partial charge in [-0.05, 0) is 31.4 Å². The molecule has 1 saturated carbocycles. The van der Waals surface area contributed by atoms with Crippen LogP contribution in [0.3, 0.4) is 0 Å². The molecule has 0 spiro atoms. The molecule has 6 heteroatoms. The van der Waals surface area contributed by atoms with E-state index in [-0.39, 0.29) is 5.91 Å². The predicted octanol–water partition coefficient (Wildman–Crippen LogP) is 3.15. The van der Waals surface area contributed by atoms with E-state index in [1.807, 2.05) is 35.0 Å². The number of carbonyl (C=O) groups is 1. The van der Waals surface area contributed by atoms with Gasteiger partial charge in [0.15, 0.2) is 0 Å². The van der Waals surface area contributed by atoms with Gasteiger partial charge in [0.25, 0.3) is 0 Å². The maximum absolute atomic E-state index is 11.8. The fourth-order valence-corrected chi connectivity index (χ4v) is 2.98. The molecular weight excluding hydrogens is 308 g/mol. The lowest BCUT2D eigenvalue weighted by atomic mass is 10.3. The van der Waals surface area contributed by atoms with Crippen LogP contribution in [0.2, 0.25) is 0 Å². The second-order valence-corrected chi connectivity index (χ2v) is 6.71. The van der Waals surface area contributed by atoms with Crippen LogP contribution in [0, 0.1) is 0 Å². The van der Waals surface area contributed by atoms with Crippen LogP contribution in [0.4, 0.5) is 0 Å². The lowest BCUT2D eigenvalue weighted by Crippen LogP contribution is -2.26. The van der Waals surface area contributed by atoms with Gasteiger partial charge in [-0.3, -0.25) is 4.79 Å². The summed E-state index contributed by atoms with van der Waals surface area (Å²) < 4.78 is 1.93. The summed E-state index contributed by atoms with van der Waals surface area (Å²) in [7, 11) is 0. The van der Waals surface area contributed by atoms with Gasteiger partial charge in [-0.2, -0.15) is 0 Å². The topological polar surface area (TPSA) is 59.8 Å². The van der Waals surface area contributed by atoms with Crippen molar-refractivity contribution in [3.05, 3.63) is 36.2 Å². The predicted molar refractivity (Wildman–Crippen MR) is 92.0 cm³/mol. The number of benzene rings is 1. The number of unbranched alkanes of at least 4 members (excludes halogenated alkanes) is 1. The zero-order valence-corrected chi connectivity index (χ0v) is 14.2. The third-order valence-corrected chi connectivity index (χ3v) is 4.58. The summed E-state index contributed by atoms with van der Waals surface area (Å²) in [4.78, 5) is 16.5. The normalized spacial score (nSPS) is 14.0. The van der Waals surface area contributed by atoms with Gasteiger partial charge in [-0.15, -0.1) is 5.10 Å². The standard InChI is InChI=1S/C17H22N4OS/c1-2-3-11-18-15(22)12-23-17-19-16(13-9-10-13)21(20-17)14-7-5-4-6-8-14/h4-8,13H,2-3,9-12H2,1H3,(H,18,22). The first kappa shape index (κ1) is 16.1. The molecule has 1 aromatic carbocycles. The smallest absolute Gasteiger partial charge is 0.230 e. The lowest BCUT2D eigenvalue weighted by molar-refractivity contribution is -0.118. The summed E-state index contributed by atoms with van der Waals surface area (Å²) in [6.45, 7) is 2.86. The molecule has 0 atom stereocenters. The number of nitrogens with one attached hydrogen (secondary N) is 1. The Labute approximate surface area is 140 Å². The maximum Gasteiger partial charge on any atom is 0.230 e. The molecule has 0 aliphatic heterocycles. The highest BCUT2D eigenvalue weighted by Gasteiger charge is 2.30. The number of thioether (sulfide) groups is 1. The number of amides is 1. The van der Waals surface area contributed by atoms with E-state index in [0.29, 0.717) is 16.8 Å². The van der Waals surface area contributed by atoms with E-state index in [2.05, 4.69) is 22.3 Å². The Morgan fingerprint density at radius 1 is 1.35 bits per heavy atom. The summed E-state index contributed by atoms with van der Waals surface area (Å²) in [5.74, 6) is 1.94. The number of carbonyl (C=O) groups excluding carboxylic acids is 1. The van der Waals surface area contributed by atoms with E-state index in [1.165, 1.54) is 24.6 Å². The molecule has 0 saturated heterocycles. The number of aromatic nitrogens is 3. The average molecular weight is 330 g/mol. The van der Waals surface area contributed by atoms with Crippen molar-refractivity contribution >= 4 is 17.7 Å². The molecule has 23 heavy (non-hydrogen) atoms. The van der Waals surface area contributed by atoms with E-state index >= 15 is 0 Å². The van der Waals surface area contributed by atoms with Crippen LogP contribution < -0.4 is 5.32 Å². The third kappa shape index (κ3) is 4.34. The molecule has 1 aliphatic rings. The maximum atomic E-state index is 11.8. The summed E-state index contributed by atoms with van der Waals surface area (Å²) in [5, 5.41) is 8.20. The van der Waals surface area contributed by atoms with Gasteiger partial charge < -0.3 is 5.32 Å². The molecule has 1 aromatic heterocycles. The van der Waals surface area contributed by atoms with Crippen LogP contribution in [0.15, 0.2) is 35.5 Å². The van der Waals surface area contributed by atoms with Gasteiger partial charge in [0, 0.05) is 12.5 Å². The van der Waals surface area contributed by atoms with E-state index < -0.39 is 0 Å². The first-order valence-corrected chi connectivity index (χ1v) is 9.18. The number of hydrogen-bond donors (Lipinski definition) is 1. The first-order valence-electron chi connectivity index (χ1n) is 8.20. The monoisotopic (exact) mass is 330 g/mol. The summed E-state index contributed by atoms with van der Waals surface area (Å²) in [6, 6.07) is 10.1. The largest absolute Gasteiger partial charge is 0.355 e. The fourth-order valence-electron chi connectivity index (χ4n) is 2.32. The Kier molecular flexibility index (Phi) is 5.33. The highest BCUT2D eigenvalue weighted by molar-refractivity contribution is 7.99. The summed E-state index contributed by atoms with van der Waals surface area (Å²) >= 11 is 1.41. The Bertz CT molecular complexity index is 652. The molecule has 3 rings (SSSR count). The summed E-state index contributed by atoms with van der Waals surface area (Å²) in [6.07, 6.45) is 4.45. The number of rotatable bonds is 8. The van der Waals surface area contributed by atoms with Crippen molar-refractivity contribution in [2.24, 2.45) is 0 Å². The van der Waals surface area contributed by atoms with Crippen LogP contribution in [0.5, 0.6) is 0 Å². The van der Waals surface area contributed by atoms with Gasteiger partial charge >= 0.3 is 0 Å². The molecule has 0 unspecified atom stereocenters. The minimum atomic E-state index is 0.0486. The summed E-state index contributed by atoms with van der Waals surface area (Å²) in [5.41, 5.74) is 1.03. The van der Waals surface area contributed by atoms with Gasteiger partial charge in [0.1, 0.15) is 5.82 Å². The van der Waals surface area contributed by atoms with E-state index in [9.17, 15) is 4.79 Å². The Balaban J connectivity index is 1.66. The molecule has 122 valence electrons. The van der Waals surface area contributed by atoms with Gasteiger partial charge in [0.05, 0.1) is 11.4 Å². The van der Waals surface area contributed by atoms with Crippen molar-refractivity contribution in [2.45, 2.75) is 43.7 Å². The van der Waals surface area contributed by atoms with Crippen LogP contribution in [0.25, 0.3) is 5.69 Å². The van der Waals surface area contributed by atoms with E-state index in [1.54, 1.807) is 0 Å². The number of hydrogen-bond acceptors (Lipinski definition) is 4. The van der Waals surface area contributed by atoms with Crippen molar-refractivity contribution < 1.29 is 4.79 Å². The van der Waals surface area contributed by atoms with E-state index in [4.69, 9.17) is 0 Å². The Morgan fingerprint density at radius 3 is 2.83 bits per heavy atom.